The standard InChI is InChI=1S/C9H10Cl2N4/c1-2-3-4-15-8-6(14-9(15)11)7(10)12-5-13-8/h5H,2-4H2,1H3. The van der Waals surface area contributed by atoms with E-state index in [9.17, 15) is 0 Å². The van der Waals surface area contributed by atoms with E-state index >= 15 is 0 Å². The molecule has 2 aromatic rings. The van der Waals surface area contributed by atoms with Gasteiger partial charge in [0, 0.05) is 6.54 Å². The molecule has 0 aromatic carbocycles. The zero-order valence-corrected chi connectivity index (χ0v) is 9.76. The largest absolute Gasteiger partial charge is 0.299 e. The van der Waals surface area contributed by atoms with E-state index in [0.717, 1.165) is 19.4 Å². The van der Waals surface area contributed by atoms with E-state index in [1.54, 1.807) is 0 Å². The number of hydrogen-bond acceptors (Lipinski definition) is 3. The van der Waals surface area contributed by atoms with Gasteiger partial charge in [-0.2, -0.15) is 0 Å². The average Bonchev–Trinajstić information content (AvgIpc) is 2.54. The molecule has 0 amide bonds. The molecular weight excluding hydrogens is 235 g/mol. The first-order valence-electron chi connectivity index (χ1n) is 4.76. The van der Waals surface area contributed by atoms with Gasteiger partial charge in [0.15, 0.2) is 10.8 Å². The average molecular weight is 245 g/mol. The van der Waals surface area contributed by atoms with E-state index in [2.05, 4.69) is 21.9 Å². The Labute approximate surface area is 97.3 Å². The summed E-state index contributed by atoms with van der Waals surface area (Å²) in [4.78, 5) is 12.1. The smallest absolute Gasteiger partial charge is 0.205 e. The van der Waals surface area contributed by atoms with Gasteiger partial charge in [0.25, 0.3) is 0 Å². The van der Waals surface area contributed by atoms with Crippen molar-refractivity contribution in [2.75, 3.05) is 0 Å². The van der Waals surface area contributed by atoms with E-state index in [1.807, 2.05) is 4.57 Å². The monoisotopic (exact) mass is 244 g/mol. The number of unbranched alkanes of at least 4 members (excludes halogenated alkanes) is 1. The number of nitrogens with zero attached hydrogens (tertiary/aromatic N) is 4. The minimum Gasteiger partial charge on any atom is -0.299 e. The Morgan fingerprint density at radius 3 is 2.87 bits per heavy atom. The summed E-state index contributed by atoms with van der Waals surface area (Å²) < 4.78 is 1.86. The molecule has 4 nitrogen and oxygen atoms in total. The van der Waals surface area contributed by atoms with Gasteiger partial charge in [-0.25, -0.2) is 15.0 Å². The van der Waals surface area contributed by atoms with Crippen LogP contribution >= 0.6 is 23.2 Å². The van der Waals surface area contributed by atoms with Gasteiger partial charge in [-0.3, -0.25) is 4.57 Å². The molecule has 0 N–H and O–H groups in total. The summed E-state index contributed by atoms with van der Waals surface area (Å²) in [5, 5.41) is 0.762. The van der Waals surface area contributed by atoms with E-state index in [-0.39, 0.29) is 0 Å². The van der Waals surface area contributed by atoms with E-state index in [4.69, 9.17) is 23.2 Å². The third kappa shape index (κ3) is 1.92. The van der Waals surface area contributed by atoms with Crippen LogP contribution < -0.4 is 0 Å². The van der Waals surface area contributed by atoms with Crippen LogP contribution in [0.2, 0.25) is 10.4 Å². The Bertz CT molecular complexity index is 480. The molecule has 0 radical (unpaired) electrons. The van der Waals surface area contributed by atoms with Crippen LogP contribution in [0.1, 0.15) is 19.8 Å². The topological polar surface area (TPSA) is 43.6 Å². The molecule has 2 aromatic heterocycles. The molecule has 2 rings (SSSR count). The van der Waals surface area contributed by atoms with Crippen molar-refractivity contribution in [3.8, 4) is 0 Å². The van der Waals surface area contributed by atoms with Crippen LogP contribution in [0.5, 0.6) is 0 Å². The third-order valence-electron chi connectivity index (χ3n) is 2.18. The summed E-state index contributed by atoms with van der Waals surface area (Å²) in [6, 6.07) is 0. The minimum atomic E-state index is 0.345. The number of aryl methyl sites for hydroxylation is 1. The zero-order valence-electron chi connectivity index (χ0n) is 8.24. The quantitative estimate of drug-likeness (QED) is 0.616. The van der Waals surface area contributed by atoms with Crippen molar-refractivity contribution in [2.45, 2.75) is 26.3 Å². The fraction of sp³-hybridized carbons (Fsp3) is 0.444. The van der Waals surface area contributed by atoms with Crippen molar-refractivity contribution >= 4 is 34.4 Å². The summed E-state index contributed by atoms with van der Waals surface area (Å²) in [7, 11) is 0. The maximum Gasteiger partial charge on any atom is 0.205 e. The van der Waals surface area contributed by atoms with E-state index in [0.29, 0.717) is 21.6 Å². The molecule has 0 bridgehead atoms. The van der Waals surface area contributed by atoms with Crippen LogP contribution in [0.3, 0.4) is 0 Å². The second-order valence-electron chi connectivity index (χ2n) is 3.22. The van der Waals surface area contributed by atoms with Crippen molar-refractivity contribution in [2.24, 2.45) is 0 Å². The van der Waals surface area contributed by atoms with Crippen LogP contribution in [0.25, 0.3) is 11.2 Å². The Morgan fingerprint density at radius 1 is 1.33 bits per heavy atom. The lowest BCUT2D eigenvalue weighted by atomic mass is 10.3. The van der Waals surface area contributed by atoms with Crippen LogP contribution in [0, 0.1) is 0 Å². The van der Waals surface area contributed by atoms with Crippen molar-refractivity contribution in [3.05, 3.63) is 16.8 Å². The first-order chi connectivity index (χ1) is 7.24. The molecular formula is C9H10Cl2N4. The lowest BCUT2D eigenvalue weighted by Gasteiger charge is -2.02. The van der Waals surface area contributed by atoms with Gasteiger partial charge in [0.05, 0.1) is 0 Å². The van der Waals surface area contributed by atoms with Gasteiger partial charge in [0.2, 0.25) is 5.28 Å². The predicted octanol–water partition coefficient (Wildman–Crippen LogP) is 2.93. The van der Waals surface area contributed by atoms with E-state index < -0.39 is 0 Å². The second-order valence-corrected chi connectivity index (χ2v) is 3.92. The highest BCUT2D eigenvalue weighted by molar-refractivity contribution is 6.34. The highest BCUT2D eigenvalue weighted by atomic mass is 35.5. The Kier molecular flexibility index (Phi) is 3.07. The van der Waals surface area contributed by atoms with Gasteiger partial charge in [-0.15, -0.1) is 0 Å². The zero-order chi connectivity index (χ0) is 10.8. The Balaban J connectivity index is 2.53. The molecule has 0 fully saturated rings. The first-order valence-corrected chi connectivity index (χ1v) is 5.52. The SMILES string of the molecule is CCCCn1c(Cl)nc2c(Cl)ncnc21. The van der Waals surface area contributed by atoms with Crippen LogP contribution in [-0.2, 0) is 6.54 Å². The van der Waals surface area contributed by atoms with Gasteiger partial charge in [-0.1, -0.05) is 24.9 Å². The molecule has 0 spiro atoms. The molecule has 0 aliphatic rings. The van der Waals surface area contributed by atoms with Crippen LogP contribution in [-0.4, -0.2) is 19.5 Å². The molecule has 0 atom stereocenters. The van der Waals surface area contributed by atoms with Gasteiger partial charge in [0.1, 0.15) is 11.8 Å². The molecule has 0 saturated carbocycles. The summed E-state index contributed by atoms with van der Waals surface area (Å²) in [6.07, 6.45) is 3.55. The fourth-order valence-corrected chi connectivity index (χ4v) is 1.82. The van der Waals surface area contributed by atoms with Crippen molar-refractivity contribution < 1.29 is 0 Å². The van der Waals surface area contributed by atoms with E-state index in [1.165, 1.54) is 6.33 Å². The molecule has 15 heavy (non-hydrogen) atoms. The molecule has 80 valence electrons. The summed E-state index contributed by atoms with van der Waals surface area (Å²) in [5.74, 6) is 0. The summed E-state index contributed by atoms with van der Waals surface area (Å²) in [6.45, 7) is 2.92. The van der Waals surface area contributed by atoms with Crippen LogP contribution in [0.15, 0.2) is 6.33 Å². The van der Waals surface area contributed by atoms with Crippen molar-refractivity contribution in [3.63, 3.8) is 0 Å². The fourth-order valence-electron chi connectivity index (χ4n) is 1.40. The lowest BCUT2D eigenvalue weighted by molar-refractivity contribution is 0.642. The van der Waals surface area contributed by atoms with Gasteiger partial charge in [-0.05, 0) is 18.0 Å². The number of halogens is 2. The van der Waals surface area contributed by atoms with Crippen molar-refractivity contribution in [1.29, 1.82) is 0 Å². The molecule has 0 saturated heterocycles. The maximum atomic E-state index is 6.00. The highest BCUT2D eigenvalue weighted by Crippen LogP contribution is 2.22. The van der Waals surface area contributed by atoms with Gasteiger partial charge < -0.3 is 0 Å². The maximum absolute atomic E-state index is 6.00. The third-order valence-corrected chi connectivity index (χ3v) is 2.74. The van der Waals surface area contributed by atoms with Gasteiger partial charge >= 0.3 is 0 Å². The molecule has 2 heterocycles. The Morgan fingerprint density at radius 2 is 2.13 bits per heavy atom. The summed E-state index contributed by atoms with van der Waals surface area (Å²) >= 11 is 11.9. The van der Waals surface area contributed by atoms with Crippen molar-refractivity contribution in [1.82, 2.24) is 19.5 Å². The lowest BCUT2D eigenvalue weighted by Crippen LogP contribution is -1.99. The number of aromatic nitrogens is 4. The summed E-state index contributed by atoms with van der Waals surface area (Å²) in [5.41, 5.74) is 1.27. The normalized spacial score (nSPS) is 11.1. The highest BCUT2D eigenvalue weighted by Gasteiger charge is 2.12. The first kappa shape index (κ1) is 10.6. The number of fused-ring (bicyclic) bond motifs is 1. The Hall–Kier alpha value is -0.870. The number of rotatable bonds is 3. The number of imidazole rings is 1. The minimum absolute atomic E-state index is 0.345. The van der Waals surface area contributed by atoms with Crippen LogP contribution in [0.4, 0.5) is 0 Å². The predicted molar refractivity (Wildman–Crippen MR) is 60.3 cm³/mol. The number of hydrogen-bond donors (Lipinski definition) is 0. The molecule has 0 unspecified atom stereocenters. The molecule has 6 heteroatoms. The molecule has 0 aliphatic heterocycles. The molecule has 0 aliphatic carbocycles. The second kappa shape index (κ2) is 4.33.